The van der Waals surface area contributed by atoms with Gasteiger partial charge in [0.2, 0.25) is 0 Å². The third-order valence-electron chi connectivity index (χ3n) is 4.45. The quantitative estimate of drug-likeness (QED) is 0.767. The molecule has 0 bridgehead atoms. The van der Waals surface area contributed by atoms with Crippen molar-refractivity contribution in [2.24, 2.45) is 5.92 Å². The standard InChI is InChI=1S/C15H21NO2/c17-12-5-6-13-10(8-12)4-7-14(13)16-9-11-2-1-3-15(11)18/h5-6,8,11,14-18H,1-4,7,9H2. The lowest BCUT2D eigenvalue weighted by Gasteiger charge is -2.19. The SMILES string of the molecule is Oc1ccc2c(c1)CCC2NCC1CCCC1O. The minimum Gasteiger partial charge on any atom is -0.508 e. The van der Waals surface area contributed by atoms with Gasteiger partial charge in [-0.1, -0.05) is 12.5 Å². The molecule has 0 heterocycles. The highest BCUT2D eigenvalue weighted by Crippen LogP contribution is 2.34. The van der Waals surface area contributed by atoms with Gasteiger partial charge in [-0.3, -0.25) is 0 Å². The molecule has 2 aliphatic carbocycles. The summed E-state index contributed by atoms with van der Waals surface area (Å²) in [5, 5.41) is 22.9. The van der Waals surface area contributed by atoms with Gasteiger partial charge in [0.25, 0.3) is 0 Å². The molecule has 18 heavy (non-hydrogen) atoms. The van der Waals surface area contributed by atoms with Gasteiger partial charge < -0.3 is 15.5 Å². The van der Waals surface area contributed by atoms with Crippen LogP contribution >= 0.6 is 0 Å². The highest BCUT2D eigenvalue weighted by atomic mass is 16.3. The summed E-state index contributed by atoms with van der Waals surface area (Å²) in [4.78, 5) is 0. The lowest BCUT2D eigenvalue weighted by Crippen LogP contribution is -2.30. The molecule has 3 nitrogen and oxygen atoms in total. The second-order valence-corrected chi connectivity index (χ2v) is 5.64. The van der Waals surface area contributed by atoms with Gasteiger partial charge >= 0.3 is 0 Å². The van der Waals surface area contributed by atoms with E-state index in [1.165, 1.54) is 11.1 Å². The van der Waals surface area contributed by atoms with Crippen molar-refractivity contribution in [1.82, 2.24) is 5.32 Å². The number of aliphatic hydroxyl groups excluding tert-OH is 1. The number of phenolic OH excluding ortho intramolecular Hbond substituents is 1. The first kappa shape index (κ1) is 12.0. The molecule has 2 aliphatic rings. The third kappa shape index (κ3) is 2.25. The first-order valence-electron chi connectivity index (χ1n) is 6.97. The van der Waals surface area contributed by atoms with E-state index < -0.39 is 0 Å². The number of aryl methyl sites for hydroxylation is 1. The molecule has 3 unspecified atom stereocenters. The molecular weight excluding hydrogens is 226 g/mol. The molecule has 3 heteroatoms. The van der Waals surface area contributed by atoms with Crippen LogP contribution in [0.1, 0.15) is 42.9 Å². The Balaban J connectivity index is 1.62. The molecule has 98 valence electrons. The molecule has 0 saturated heterocycles. The second kappa shape index (κ2) is 4.90. The van der Waals surface area contributed by atoms with Crippen molar-refractivity contribution in [3.63, 3.8) is 0 Å². The summed E-state index contributed by atoms with van der Waals surface area (Å²) >= 11 is 0. The maximum absolute atomic E-state index is 9.82. The molecular formula is C15H21NO2. The van der Waals surface area contributed by atoms with Gasteiger partial charge in [-0.25, -0.2) is 0 Å². The summed E-state index contributed by atoms with van der Waals surface area (Å²) in [6, 6.07) is 6.07. The maximum atomic E-state index is 9.82. The fourth-order valence-corrected chi connectivity index (χ4v) is 3.36. The summed E-state index contributed by atoms with van der Waals surface area (Å²) in [6.07, 6.45) is 5.28. The normalized spacial score (nSPS) is 30.6. The van der Waals surface area contributed by atoms with E-state index in [4.69, 9.17) is 0 Å². The Morgan fingerprint density at radius 2 is 2.11 bits per heavy atom. The fraction of sp³-hybridized carbons (Fsp3) is 0.600. The summed E-state index contributed by atoms with van der Waals surface area (Å²) in [5.74, 6) is 0.784. The first-order valence-corrected chi connectivity index (χ1v) is 6.97. The van der Waals surface area contributed by atoms with Gasteiger partial charge in [-0.05, 0) is 54.9 Å². The zero-order valence-electron chi connectivity index (χ0n) is 10.6. The van der Waals surface area contributed by atoms with Crippen molar-refractivity contribution >= 4 is 0 Å². The zero-order chi connectivity index (χ0) is 12.5. The minimum absolute atomic E-state index is 0.113. The number of benzene rings is 1. The predicted molar refractivity (Wildman–Crippen MR) is 70.5 cm³/mol. The first-order chi connectivity index (χ1) is 8.74. The molecule has 3 atom stereocenters. The van der Waals surface area contributed by atoms with E-state index in [0.29, 0.717) is 17.7 Å². The molecule has 0 amide bonds. The molecule has 1 saturated carbocycles. The summed E-state index contributed by atoms with van der Waals surface area (Å²) in [5.41, 5.74) is 2.58. The number of phenols is 1. The van der Waals surface area contributed by atoms with Crippen LogP contribution in [-0.2, 0) is 6.42 Å². The maximum Gasteiger partial charge on any atom is 0.115 e. The van der Waals surface area contributed by atoms with Gasteiger partial charge in [0.1, 0.15) is 5.75 Å². The highest BCUT2D eigenvalue weighted by Gasteiger charge is 2.27. The van der Waals surface area contributed by atoms with Crippen LogP contribution in [0.4, 0.5) is 0 Å². The molecule has 0 aliphatic heterocycles. The van der Waals surface area contributed by atoms with Crippen molar-refractivity contribution in [1.29, 1.82) is 0 Å². The van der Waals surface area contributed by atoms with Crippen LogP contribution in [0.25, 0.3) is 0 Å². The molecule has 1 aromatic carbocycles. The van der Waals surface area contributed by atoms with Crippen LogP contribution in [0.5, 0.6) is 5.75 Å². The van der Waals surface area contributed by atoms with Crippen molar-refractivity contribution in [2.75, 3.05) is 6.54 Å². The van der Waals surface area contributed by atoms with E-state index >= 15 is 0 Å². The number of aromatic hydroxyl groups is 1. The van der Waals surface area contributed by atoms with Crippen molar-refractivity contribution in [2.45, 2.75) is 44.2 Å². The summed E-state index contributed by atoms with van der Waals surface area (Å²) < 4.78 is 0. The molecule has 3 N–H and O–H groups in total. The Morgan fingerprint density at radius 3 is 2.89 bits per heavy atom. The summed E-state index contributed by atoms with van der Waals surface area (Å²) in [7, 11) is 0. The third-order valence-corrected chi connectivity index (χ3v) is 4.45. The largest absolute Gasteiger partial charge is 0.508 e. The smallest absolute Gasteiger partial charge is 0.115 e. The van der Waals surface area contributed by atoms with Crippen LogP contribution in [-0.4, -0.2) is 22.9 Å². The van der Waals surface area contributed by atoms with Gasteiger partial charge in [0.15, 0.2) is 0 Å². The van der Waals surface area contributed by atoms with Crippen molar-refractivity contribution < 1.29 is 10.2 Å². The zero-order valence-corrected chi connectivity index (χ0v) is 10.6. The number of hydrogen-bond donors (Lipinski definition) is 3. The Hall–Kier alpha value is -1.06. The Kier molecular flexibility index (Phi) is 3.27. The average Bonchev–Trinajstić information content (AvgIpc) is 2.93. The average molecular weight is 247 g/mol. The van der Waals surface area contributed by atoms with E-state index in [9.17, 15) is 10.2 Å². The van der Waals surface area contributed by atoms with E-state index in [1.54, 1.807) is 6.07 Å². The molecule has 0 aromatic heterocycles. The van der Waals surface area contributed by atoms with Gasteiger partial charge in [0, 0.05) is 12.6 Å². The number of nitrogens with one attached hydrogen (secondary N) is 1. The van der Waals surface area contributed by atoms with Crippen LogP contribution in [0.3, 0.4) is 0 Å². The number of hydrogen-bond acceptors (Lipinski definition) is 3. The monoisotopic (exact) mass is 247 g/mol. The van der Waals surface area contributed by atoms with Crippen molar-refractivity contribution in [3.05, 3.63) is 29.3 Å². The van der Waals surface area contributed by atoms with Crippen LogP contribution in [0.15, 0.2) is 18.2 Å². The van der Waals surface area contributed by atoms with Crippen LogP contribution in [0, 0.1) is 5.92 Å². The number of fused-ring (bicyclic) bond motifs is 1. The minimum atomic E-state index is -0.113. The van der Waals surface area contributed by atoms with E-state index in [0.717, 1.165) is 38.6 Å². The lowest BCUT2D eigenvalue weighted by molar-refractivity contribution is 0.130. The van der Waals surface area contributed by atoms with E-state index in [-0.39, 0.29) is 6.10 Å². The topological polar surface area (TPSA) is 52.5 Å². The molecule has 3 rings (SSSR count). The Bertz CT molecular complexity index is 433. The molecule has 0 radical (unpaired) electrons. The van der Waals surface area contributed by atoms with E-state index in [2.05, 4.69) is 5.32 Å². The Labute approximate surface area is 108 Å². The Morgan fingerprint density at radius 1 is 1.22 bits per heavy atom. The van der Waals surface area contributed by atoms with Crippen molar-refractivity contribution in [3.8, 4) is 5.75 Å². The molecule has 1 fully saturated rings. The molecule has 0 spiro atoms. The predicted octanol–water partition coefficient (Wildman–Crippen LogP) is 2.13. The second-order valence-electron chi connectivity index (χ2n) is 5.64. The lowest BCUT2D eigenvalue weighted by atomic mass is 10.0. The summed E-state index contributed by atoms with van der Waals surface area (Å²) in [6.45, 7) is 0.909. The fourth-order valence-electron chi connectivity index (χ4n) is 3.36. The number of rotatable bonds is 3. The van der Waals surface area contributed by atoms with Crippen LogP contribution < -0.4 is 5.32 Å². The van der Waals surface area contributed by atoms with Crippen LogP contribution in [0.2, 0.25) is 0 Å². The van der Waals surface area contributed by atoms with Gasteiger partial charge in [-0.2, -0.15) is 0 Å². The highest BCUT2D eigenvalue weighted by molar-refractivity contribution is 5.40. The van der Waals surface area contributed by atoms with Gasteiger partial charge in [0.05, 0.1) is 6.10 Å². The molecule has 1 aromatic rings. The van der Waals surface area contributed by atoms with Gasteiger partial charge in [-0.15, -0.1) is 0 Å². The van der Waals surface area contributed by atoms with E-state index in [1.807, 2.05) is 12.1 Å². The number of aliphatic hydroxyl groups is 1.